The zero-order valence-corrected chi connectivity index (χ0v) is 15.1. The van der Waals surface area contributed by atoms with Crippen molar-refractivity contribution < 1.29 is 28.9 Å². The van der Waals surface area contributed by atoms with Crippen molar-refractivity contribution in [3.05, 3.63) is 54.1 Å². The average Bonchev–Trinajstić information content (AvgIpc) is 2.66. The molecule has 0 aliphatic carbocycles. The maximum absolute atomic E-state index is 12.1. The van der Waals surface area contributed by atoms with Crippen LogP contribution in [0.15, 0.2) is 48.5 Å². The number of nitrogens with one attached hydrogen (secondary N) is 1. The molecule has 2 N–H and O–H groups in total. The maximum atomic E-state index is 12.1. The van der Waals surface area contributed by atoms with Gasteiger partial charge >= 0.3 is 5.97 Å². The minimum absolute atomic E-state index is 0.303. The van der Waals surface area contributed by atoms with Gasteiger partial charge in [0.15, 0.2) is 18.1 Å². The Kier molecular flexibility index (Phi) is 7.25. The number of hydrogen-bond donors (Lipinski definition) is 2. The minimum Gasteiger partial charge on any atom is -0.493 e. The van der Waals surface area contributed by atoms with Crippen molar-refractivity contribution in [2.45, 2.75) is 6.92 Å². The van der Waals surface area contributed by atoms with Crippen LogP contribution >= 0.6 is 0 Å². The first-order valence-corrected chi connectivity index (χ1v) is 8.26. The second-order valence-electron chi connectivity index (χ2n) is 5.37. The Balaban J connectivity index is 1.96. The molecule has 1 amide bonds. The topological polar surface area (TPSA) is 94.1 Å². The lowest BCUT2D eigenvalue weighted by atomic mass is 10.2. The van der Waals surface area contributed by atoms with Crippen molar-refractivity contribution in [3.63, 3.8) is 0 Å². The van der Waals surface area contributed by atoms with E-state index in [-0.39, 0.29) is 5.91 Å². The number of aliphatic carboxylic acids is 1. The number of carboxylic acid groups (broad SMARTS) is 1. The van der Waals surface area contributed by atoms with Crippen molar-refractivity contribution in [3.8, 4) is 17.2 Å². The molecule has 7 nitrogen and oxygen atoms in total. The standard InChI is InChI=1S/C20H21NO6/c1-3-26-18-12-14(4-10-17(18)25-2)5-11-19(22)21-15-6-8-16(9-7-15)27-13-20(23)24/h4-12H,3,13H2,1-2H3,(H,21,22)(H,23,24)/b11-5+. The lowest BCUT2D eigenvalue weighted by Gasteiger charge is -2.09. The summed E-state index contributed by atoms with van der Waals surface area (Å²) < 4.78 is 15.8. The molecule has 2 rings (SSSR count). The largest absolute Gasteiger partial charge is 0.493 e. The summed E-state index contributed by atoms with van der Waals surface area (Å²) in [4.78, 5) is 22.5. The van der Waals surface area contributed by atoms with Crippen LogP contribution in [0.2, 0.25) is 0 Å². The number of carbonyl (C=O) groups excluding carboxylic acids is 1. The third-order valence-electron chi connectivity index (χ3n) is 3.40. The number of carboxylic acids is 1. The molecular weight excluding hydrogens is 350 g/mol. The lowest BCUT2D eigenvalue weighted by Crippen LogP contribution is -2.10. The third kappa shape index (κ3) is 6.39. The van der Waals surface area contributed by atoms with Gasteiger partial charge in [-0.2, -0.15) is 0 Å². The van der Waals surface area contributed by atoms with Gasteiger partial charge < -0.3 is 24.6 Å². The van der Waals surface area contributed by atoms with E-state index in [1.807, 2.05) is 13.0 Å². The number of ether oxygens (including phenoxy) is 3. The normalized spacial score (nSPS) is 10.4. The van der Waals surface area contributed by atoms with Crippen molar-refractivity contribution in [1.29, 1.82) is 0 Å². The molecular formula is C20H21NO6. The van der Waals surface area contributed by atoms with Crippen LogP contribution in [-0.4, -0.2) is 37.3 Å². The Bertz CT molecular complexity index is 814. The van der Waals surface area contributed by atoms with Crippen molar-refractivity contribution in [2.24, 2.45) is 0 Å². The number of benzene rings is 2. The number of amides is 1. The van der Waals surface area contributed by atoms with Gasteiger partial charge in [-0.05, 0) is 55.0 Å². The first-order valence-electron chi connectivity index (χ1n) is 8.26. The van der Waals surface area contributed by atoms with Gasteiger partial charge in [-0.1, -0.05) is 6.07 Å². The molecule has 0 fully saturated rings. The molecule has 0 heterocycles. The van der Waals surface area contributed by atoms with Crippen LogP contribution < -0.4 is 19.5 Å². The quantitative estimate of drug-likeness (QED) is 0.658. The highest BCUT2D eigenvalue weighted by Gasteiger charge is 2.05. The van der Waals surface area contributed by atoms with Crippen LogP contribution in [0.5, 0.6) is 17.2 Å². The number of rotatable bonds is 9. The monoisotopic (exact) mass is 371 g/mol. The van der Waals surface area contributed by atoms with E-state index in [2.05, 4.69) is 5.32 Å². The fourth-order valence-corrected chi connectivity index (χ4v) is 2.20. The van der Waals surface area contributed by atoms with E-state index in [9.17, 15) is 9.59 Å². The highest BCUT2D eigenvalue weighted by molar-refractivity contribution is 6.02. The summed E-state index contributed by atoms with van der Waals surface area (Å²) >= 11 is 0. The molecule has 0 aromatic heterocycles. The first kappa shape index (κ1) is 19.8. The van der Waals surface area contributed by atoms with Gasteiger partial charge in [0.25, 0.3) is 0 Å². The summed E-state index contributed by atoms with van der Waals surface area (Å²) in [5.74, 6) is 0.294. The maximum Gasteiger partial charge on any atom is 0.341 e. The summed E-state index contributed by atoms with van der Waals surface area (Å²) in [5, 5.41) is 11.3. The fourth-order valence-electron chi connectivity index (χ4n) is 2.20. The minimum atomic E-state index is -1.05. The Labute approximate surface area is 157 Å². The zero-order chi connectivity index (χ0) is 19.6. The van der Waals surface area contributed by atoms with Gasteiger partial charge in [-0.15, -0.1) is 0 Å². The van der Waals surface area contributed by atoms with E-state index in [0.29, 0.717) is 29.5 Å². The summed E-state index contributed by atoms with van der Waals surface area (Å²) in [6, 6.07) is 11.8. The molecule has 0 bridgehead atoms. The molecule has 7 heteroatoms. The number of anilines is 1. The van der Waals surface area contributed by atoms with Crippen LogP contribution in [0.25, 0.3) is 6.08 Å². The van der Waals surface area contributed by atoms with Gasteiger partial charge in [0.05, 0.1) is 13.7 Å². The average molecular weight is 371 g/mol. The third-order valence-corrected chi connectivity index (χ3v) is 3.40. The first-order chi connectivity index (χ1) is 13.0. The van der Waals surface area contributed by atoms with E-state index < -0.39 is 12.6 Å². The van der Waals surface area contributed by atoms with E-state index in [1.165, 1.54) is 6.08 Å². The molecule has 0 aliphatic rings. The van der Waals surface area contributed by atoms with Crippen LogP contribution in [0.3, 0.4) is 0 Å². The molecule has 27 heavy (non-hydrogen) atoms. The van der Waals surface area contributed by atoms with Gasteiger partial charge in [0, 0.05) is 11.8 Å². The van der Waals surface area contributed by atoms with Gasteiger partial charge in [0.2, 0.25) is 5.91 Å². The summed E-state index contributed by atoms with van der Waals surface area (Å²) in [6.07, 6.45) is 3.08. The van der Waals surface area contributed by atoms with E-state index in [1.54, 1.807) is 49.6 Å². The van der Waals surface area contributed by atoms with Gasteiger partial charge in [-0.25, -0.2) is 4.79 Å². The molecule has 2 aromatic rings. The van der Waals surface area contributed by atoms with Crippen LogP contribution in [0, 0.1) is 0 Å². The van der Waals surface area contributed by atoms with E-state index in [0.717, 1.165) is 5.56 Å². The number of hydrogen-bond acceptors (Lipinski definition) is 5. The Morgan fingerprint density at radius 3 is 2.44 bits per heavy atom. The van der Waals surface area contributed by atoms with Crippen LogP contribution in [0.1, 0.15) is 12.5 Å². The zero-order valence-electron chi connectivity index (χ0n) is 15.1. The van der Waals surface area contributed by atoms with Crippen LogP contribution in [0.4, 0.5) is 5.69 Å². The van der Waals surface area contributed by atoms with E-state index in [4.69, 9.17) is 19.3 Å². The van der Waals surface area contributed by atoms with Crippen molar-refractivity contribution in [1.82, 2.24) is 0 Å². The smallest absolute Gasteiger partial charge is 0.341 e. The summed E-state index contributed by atoms with van der Waals surface area (Å²) in [7, 11) is 1.57. The molecule has 0 aliphatic heterocycles. The molecule has 0 saturated heterocycles. The highest BCUT2D eigenvalue weighted by atomic mass is 16.5. The van der Waals surface area contributed by atoms with Gasteiger partial charge in [0.1, 0.15) is 5.75 Å². The lowest BCUT2D eigenvalue weighted by molar-refractivity contribution is -0.139. The van der Waals surface area contributed by atoms with Crippen LogP contribution in [-0.2, 0) is 9.59 Å². The summed E-state index contributed by atoms with van der Waals surface area (Å²) in [5.41, 5.74) is 1.36. The summed E-state index contributed by atoms with van der Waals surface area (Å²) in [6.45, 7) is 1.98. The molecule has 0 radical (unpaired) electrons. The predicted molar refractivity (Wildman–Crippen MR) is 101 cm³/mol. The number of methoxy groups -OCH3 is 1. The van der Waals surface area contributed by atoms with E-state index >= 15 is 0 Å². The second-order valence-corrected chi connectivity index (χ2v) is 5.37. The predicted octanol–water partition coefficient (Wildman–Crippen LogP) is 3.21. The fraction of sp³-hybridized carbons (Fsp3) is 0.200. The van der Waals surface area contributed by atoms with Crippen molar-refractivity contribution in [2.75, 3.05) is 25.6 Å². The Morgan fingerprint density at radius 1 is 1.07 bits per heavy atom. The SMILES string of the molecule is CCOc1cc(/C=C/C(=O)Nc2ccc(OCC(=O)O)cc2)ccc1OC. The molecule has 2 aromatic carbocycles. The van der Waals surface area contributed by atoms with Crippen molar-refractivity contribution >= 4 is 23.6 Å². The molecule has 142 valence electrons. The number of carbonyl (C=O) groups is 2. The Hall–Kier alpha value is -3.48. The molecule has 0 saturated carbocycles. The molecule has 0 spiro atoms. The highest BCUT2D eigenvalue weighted by Crippen LogP contribution is 2.28. The molecule has 0 unspecified atom stereocenters. The van der Waals surface area contributed by atoms with Gasteiger partial charge in [-0.3, -0.25) is 4.79 Å². The molecule has 0 atom stereocenters. The second kappa shape index (κ2) is 9.86. The Morgan fingerprint density at radius 2 is 1.81 bits per heavy atom.